The van der Waals surface area contributed by atoms with Crippen molar-refractivity contribution in [3.63, 3.8) is 0 Å². The fourth-order valence-corrected chi connectivity index (χ4v) is 3.03. The maximum Gasteiger partial charge on any atom is 0.232 e. The van der Waals surface area contributed by atoms with Crippen molar-refractivity contribution in [1.29, 1.82) is 0 Å². The van der Waals surface area contributed by atoms with Gasteiger partial charge in [-0.2, -0.15) is 0 Å². The number of para-hydroxylation sites is 1. The average molecular weight is 270 g/mol. The second-order valence-electron chi connectivity index (χ2n) is 4.29. The van der Waals surface area contributed by atoms with E-state index in [0.717, 1.165) is 12.1 Å². The molecule has 0 aliphatic rings. The molecule has 4 nitrogen and oxygen atoms in total. The van der Waals surface area contributed by atoms with E-state index in [0.29, 0.717) is 12.1 Å². The van der Waals surface area contributed by atoms with Crippen LogP contribution in [-0.2, 0) is 10.0 Å². The highest BCUT2D eigenvalue weighted by molar-refractivity contribution is 7.92. The van der Waals surface area contributed by atoms with E-state index in [4.69, 9.17) is 0 Å². The summed E-state index contributed by atoms with van der Waals surface area (Å²) in [5.41, 5.74) is 1.64. The van der Waals surface area contributed by atoms with E-state index >= 15 is 0 Å². The van der Waals surface area contributed by atoms with E-state index in [9.17, 15) is 8.42 Å². The van der Waals surface area contributed by atoms with Crippen LogP contribution in [0.15, 0.2) is 24.3 Å². The standard InChI is InChI=1S/C13H22N2O2S/c1-4-10-18(16,17)15-13-9-7-6-8-12(13)11(3)14-5-2/h6-9,11,14-15H,4-5,10H2,1-3H3. The van der Waals surface area contributed by atoms with E-state index in [1.165, 1.54) is 0 Å². The third-order valence-corrected chi connectivity index (χ3v) is 4.15. The Morgan fingerprint density at radius 1 is 1.22 bits per heavy atom. The van der Waals surface area contributed by atoms with Gasteiger partial charge in [-0.3, -0.25) is 4.72 Å². The summed E-state index contributed by atoms with van der Waals surface area (Å²) in [6.07, 6.45) is 0.611. The fraction of sp³-hybridized carbons (Fsp3) is 0.538. The Balaban J connectivity index is 2.95. The molecule has 2 N–H and O–H groups in total. The maximum absolute atomic E-state index is 11.8. The van der Waals surface area contributed by atoms with Crippen molar-refractivity contribution in [3.05, 3.63) is 29.8 Å². The van der Waals surface area contributed by atoms with E-state index in [2.05, 4.69) is 10.0 Å². The van der Waals surface area contributed by atoms with Crippen molar-refractivity contribution in [1.82, 2.24) is 5.32 Å². The van der Waals surface area contributed by atoms with Crippen LogP contribution in [0.1, 0.15) is 38.8 Å². The van der Waals surface area contributed by atoms with Crippen LogP contribution in [0, 0.1) is 0 Å². The number of sulfonamides is 1. The van der Waals surface area contributed by atoms with Crippen LogP contribution in [0.4, 0.5) is 5.69 Å². The molecule has 0 spiro atoms. The van der Waals surface area contributed by atoms with Crippen molar-refractivity contribution in [2.24, 2.45) is 0 Å². The van der Waals surface area contributed by atoms with Gasteiger partial charge in [0.15, 0.2) is 0 Å². The van der Waals surface area contributed by atoms with E-state index in [-0.39, 0.29) is 11.8 Å². The molecule has 0 aromatic heterocycles. The summed E-state index contributed by atoms with van der Waals surface area (Å²) in [5.74, 6) is 0.150. The monoisotopic (exact) mass is 270 g/mol. The molecule has 102 valence electrons. The highest BCUT2D eigenvalue weighted by atomic mass is 32.2. The molecule has 1 aromatic rings. The van der Waals surface area contributed by atoms with Gasteiger partial charge in [0.1, 0.15) is 0 Å². The second-order valence-corrected chi connectivity index (χ2v) is 6.13. The van der Waals surface area contributed by atoms with Crippen LogP contribution in [0.3, 0.4) is 0 Å². The summed E-state index contributed by atoms with van der Waals surface area (Å²) in [6.45, 7) is 6.75. The maximum atomic E-state index is 11.8. The summed E-state index contributed by atoms with van der Waals surface area (Å²) >= 11 is 0. The van der Waals surface area contributed by atoms with Crippen molar-refractivity contribution >= 4 is 15.7 Å². The molecule has 1 unspecified atom stereocenters. The summed E-state index contributed by atoms with van der Waals surface area (Å²) in [7, 11) is -3.23. The number of hydrogen-bond acceptors (Lipinski definition) is 3. The van der Waals surface area contributed by atoms with Gasteiger partial charge in [-0.25, -0.2) is 8.42 Å². The lowest BCUT2D eigenvalue weighted by molar-refractivity contribution is 0.595. The molecule has 0 saturated carbocycles. The summed E-state index contributed by atoms with van der Waals surface area (Å²) < 4.78 is 26.3. The second kappa shape index (κ2) is 6.75. The summed E-state index contributed by atoms with van der Waals surface area (Å²) in [6, 6.07) is 7.62. The predicted octanol–water partition coefficient (Wildman–Crippen LogP) is 2.51. The first-order valence-corrected chi connectivity index (χ1v) is 7.98. The third-order valence-electron chi connectivity index (χ3n) is 2.68. The Bertz CT molecular complexity index is 472. The van der Waals surface area contributed by atoms with Crippen molar-refractivity contribution < 1.29 is 8.42 Å². The molecular weight excluding hydrogens is 248 g/mol. The largest absolute Gasteiger partial charge is 0.310 e. The quantitative estimate of drug-likeness (QED) is 0.800. The van der Waals surface area contributed by atoms with E-state index in [1.54, 1.807) is 6.07 Å². The van der Waals surface area contributed by atoms with Gasteiger partial charge in [-0.15, -0.1) is 0 Å². The summed E-state index contributed by atoms with van der Waals surface area (Å²) in [4.78, 5) is 0. The van der Waals surface area contributed by atoms with Crippen molar-refractivity contribution in [2.45, 2.75) is 33.2 Å². The molecule has 1 aromatic carbocycles. The van der Waals surface area contributed by atoms with Crippen molar-refractivity contribution in [2.75, 3.05) is 17.0 Å². The molecule has 0 bridgehead atoms. The van der Waals surface area contributed by atoms with Crippen LogP contribution in [0.25, 0.3) is 0 Å². The van der Waals surface area contributed by atoms with E-state index < -0.39 is 10.0 Å². The minimum Gasteiger partial charge on any atom is -0.310 e. The van der Waals surface area contributed by atoms with Gasteiger partial charge in [0.05, 0.1) is 11.4 Å². The lowest BCUT2D eigenvalue weighted by atomic mass is 10.1. The molecule has 1 rings (SSSR count). The predicted molar refractivity (Wildman–Crippen MR) is 76.2 cm³/mol. The van der Waals surface area contributed by atoms with Gasteiger partial charge in [0.25, 0.3) is 0 Å². The number of anilines is 1. The van der Waals surface area contributed by atoms with Gasteiger partial charge >= 0.3 is 0 Å². The minimum absolute atomic E-state index is 0.121. The Kier molecular flexibility index (Phi) is 5.62. The van der Waals surface area contributed by atoms with Crippen LogP contribution in [0.5, 0.6) is 0 Å². The first-order chi connectivity index (χ1) is 8.50. The Hall–Kier alpha value is -1.07. The molecule has 0 aliphatic heterocycles. The lowest BCUT2D eigenvalue weighted by Crippen LogP contribution is -2.21. The topological polar surface area (TPSA) is 58.2 Å². The van der Waals surface area contributed by atoms with Crippen LogP contribution in [-0.4, -0.2) is 20.7 Å². The SMILES string of the molecule is CCCS(=O)(=O)Nc1ccccc1C(C)NCC. The molecular formula is C13H22N2O2S. The van der Waals surface area contributed by atoms with Crippen LogP contribution < -0.4 is 10.0 Å². The third kappa shape index (κ3) is 4.31. The first-order valence-electron chi connectivity index (χ1n) is 6.33. The van der Waals surface area contributed by atoms with E-state index in [1.807, 2.05) is 39.0 Å². The minimum atomic E-state index is -3.23. The number of rotatable bonds is 7. The molecule has 5 heteroatoms. The van der Waals surface area contributed by atoms with Gasteiger partial charge in [0, 0.05) is 6.04 Å². The van der Waals surface area contributed by atoms with Gasteiger partial charge in [-0.1, -0.05) is 32.0 Å². The highest BCUT2D eigenvalue weighted by Crippen LogP contribution is 2.23. The smallest absolute Gasteiger partial charge is 0.232 e. The number of benzene rings is 1. The van der Waals surface area contributed by atoms with Gasteiger partial charge in [0.2, 0.25) is 10.0 Å². The molecule has 0 heterocycles. The molecule has 0 aliphatic carbocycles. The Morgan fingerprint density at radius 3 is 2.50 bits per heavy atom. The Morgan fingerprint density at radius 2 is 1.89 bits per heavy atom. The molecule has 0 amide bonds. The lowest BCUT2D eigenvalue weighted by Gasteiger charge is -2.18. The average Bonchev–Trinajstić information content (AvgIpc) is 2.29. The molecule has 0 radical (unpaired) electrons. The van der Waals surface area contributed by atoms with Crippen molar-refractivity contribution in [3.8, 4) is 0 Å². The Labute approximate surface area is 110 Å². The van der Waals surface area contributed by atoms with Gasteiger partial charge in [-0.05, 0) is 31.5 Å². The number of hydrogen-bond donors (Lipinski definition) is 2. The molecule has 0 saturated heterocycles. The first kappa shape index (κ1) is 15.0. The zero-order valence-corrected chi connectivity index (χ0v) is 12.0. The highest BCUT2D eigenvalue weighted by Gasteiger charge is 2.14. The molecule has 1 atom stereocenters. The normalized spacial score (nSPS) is 13.3. The molecule has 18 heavy (non-hydrogen) atoms. The van der Waals surface area contributed by atoms with Crippen LogP contribution in [0.2, 0.25) is 0 Å². The molecule has 0 fully saturated rings. The van der Waals surface area contributed by atoms with Crippen LogP contribution >= 0.6 is 0 Å². The zero-order valence-electron chi connectivity index (χ0n) is 11.2. The zero-order chi connectivity index (χ0) is 13.6. The van der Waals surface area contributed by atoms with Gasteiger partial charge < -0.3 is 5.32 Å². The number of nitrogens with one attached hydrogen (secondary N) is 2. The fourth-order valence-electron chi connectivity index (χ4n) is 1.87. The summed E-state index contributed by atoms with van der Waals surface area (Å²) in [5, 5.41) is 3.29.